The van der Waals surface area contributed by atoms with Crippen LogP contribution in [0.2, 0.25) is 0 Å². The van der Waals surface area contributed by atoms with Crippen LogP contribution < -0.4 is 24.4 Å². The van der Waals surface area contributed by atoms with Crippen LogP contribution in [0.5, 0.6) is 0 Å². The van der Waals surface area contributed by atoms with Crippen LogP contribution in [0.15, 0.2) is 129 Å². The normalized spacial score (nSPS) is 33.0. The fraction of sp³-hybridized carbons (Fsp3) is 0.382. The van der Waals surface area contributed by atoms with Gasteiger partial charge in [0.15, 0.2) is 0 Å². The van der Waals surface area contributed by atoms with E-state index in [0.29, 0.717) is 24.5 Å². The minimum absolute atomic E-state index is 0.00110. The molecule has 0 unspecified atom stereocenters. The molecule has 6 aromatic rings. The summed E-state index contributed by atoms with van der Waals surface area (Å²) in [7, 11) is 2.03. The first-order chi connectivity index (χ1) is 35.9. The summed E-state index contributed by atoms with van der Waals surface area (Å²) in [4.78, 5) is 107. The van der Waals surface area contributed by atoms with Crippen molar-refractivity contribution in [3.8, 4) is 0 Å². The molecule has 7 fully saturated rings. The van der Waals surface area contributed by atoms with E-state index in [1.165, 1.54) is 44.1 Å². The third kappa shape index (κ3) is 6.87. The number of amides is 4. The molecule has 4 amide bonds. The topological polar surface area (TPSA) is 190 Å². The van der Waals surface area contributed by atoms with Gasteiger partial charge in [-0.15, -0.1) is 23.5 Å². The monoisotopic (exact) mass is 1060 g/mol. The molecule has 74 heavy (non-hydrogen) atoms. The lowest BCUT2D eigenvalue weighted by Gasteiger charge is -2.43. The molecule has 0 radical (unpaired) electrons. The predicted octanol–water partition coefficient (Wildman–Crippen LogP) is 7.89. The van der Waals surface area contributed by atoms with Crippen molar-refractivity contribution < 1.29 is 24.1 Å². The van der Waals surface area contributed by atoms with E-state index in [1.807, 2.05) is 78.7 Å². The van der Waals surface area contributed by atoms with E-state index in [4.69, 9.17) is 0 Å². The van der Waals surface area contributed by atoms with E-state index in [9.17, 15) is 38.9 Å². The van der Waals surface area contributed by atoms with Crippen LogP contribution in [-0.4, -0.2) is 87.1 Å². The Kier molecular flexibility index (Phi) is 11.0. The molecule has 7 heterocycles. The molecule has 4 aliphatic carbocycles. The van der Waals surface area contributed by atoms with Crippen LogP contribution >= 0.6 is 46.2 Å². The van der Waals surface area contributed by atoms with Gasteiger partial charge in [0.2, 0.25) is 23.6 Å². The first-order valence-electron chi connectivity index (χ1n) is 25.4. The number of thioether (sulfide) groups is 2. The number of nitro benzene ring substituents is 1. The number of fused-ring (bicyclic) bond motifs is 18. The lowest BCUT2D eigenvalue weighted by molar-refractivity contribution is -0.384. The van der Waals surface area contributed by atoms with Crippen molar-refractivity contribution >= 4 is 92.6 Å². The number of anilines is 3. The highest BCUT2D eigenvalue weighted by atomic mass is 32.2. The summed E-state index contributed by atoms with van der Waals surface area (Å²) in [6.45, 7) is 2.95. The number of nitro groups is 1. The number of likely N-dealkylation sites (N-methyl/N-ethyl adjacent to an activating group) is 1. The molecule has 3 saturated heterocycles. The minimum atomic E-state index is -0.454. The number of benzene rings is 4. The predicted molar refractivity (Wildman–Crippen MR) is 284 cm³/mol. The zero-order valence-electron chi connectivity index (χ0n) is 39.9. The van der Waals surface area contributed by atoms with Gasteiger partial charge in [-0.25, -0.2) is 4.90 Å². The van der Waals surface area contributed by atoms with E-state index in [2.05, 4.69) is 39.1 Å². The summed E-state index contributed by atoms with van der Waals surface area (Å²) >= 11 is 5.94. The number of aromatic nitrogens is 2. The number of hydrogen-bond acceptors (Lipinski definition) is 14. The molecule has 376 valence electrons. The molecule has 15 nitrogen and oxygen atoms in total. The molecule has 14 atom stereocenters. The Bertz CT molecular complexity index is 3430. The molecule has 19 heteroatoms. The number of rotatable bonds is 6. The first kappa shape index (κ1) is 46.4. The largest absolute Gasteiger partial charge is 0.363 e. The van der Waals surface area contributed by atoms with E-state index in [-0.39, 0.29) is 114 Å². The maximum Gasteiger partial charge on any atom is 0.305 e. The number of hydrogen-bond donors (Lipinski definition) is 2. The van der Waals surface area contributed by atoms with Gasteiger partial charge in [-0.2, -0.15) is 0 Å². The Labute approximate surface area is 440 Å². The molecule has 2 N–H and O–H groups in total. The van der Waals surface area contributed by atoms with E-state index in [0.717, 1.165) is 51.3 Å². The number of para-hydroxylation sites is 1. The zero-order chi connectivity index (χ0) is 50.4. The van der Waals surface area contributed by atoms with Crippen molar-refractivity contribution in [3.63, 3.8) is 0 Å². The van der Waals surface area contributed by atoms with Crippen LogP contribution in [0.25, 0.3) is 0 Å². The average Bonchev–Trinajstić information content (AvgIpc) is 4.34. The van der Waals surface area contributed by atoms with Gasteiger partial charge in [0.05, 0.1) is 50.0 Å². The summed E-state index contributed by atoms with van der Waals surface area (Å²) in [5, 5.41) is 14.3. The molecule has 4 saturated carbocycles. The maximum absolute atomic E-state index is 14.1. The molecule has 4 bridgehead atoms. The lowest BCUT2D eigenvalue weighted by Crippen LogP contribution is -2.44. The summed E-state index contributed by atoms with van der Waals surface area (Å²) < 4.78 is 0. The summed E-state index contributed by atoms with van der Waals surface area (Å²) in [5.74, 6) is -1.23. The third-order valence-electron chi connectivity index (χ3n) is 18.0. The number of piperazine rings is 1. The van der Waals surface area contributed by atoms with Crippen LogP contribution in [0.1, 0.15) is 45.6 Å². The number of carbonyl (C=O) groups is 4. The Morgan fingerprint density at radius 1 is 0.541 bits per heavy atom. The highest BCUT2D eigenvalue weighted by molar-refractivity contribution is 8.00. The van der Waals surface area contributed by atoms with Gasteiger partial charge in [-0.1, -0.05) is 102 Å². The second kappa shape index (κ2) is 17.5. The number of thiazole rings is 2. The van der Waals surface area contributed by atoms with Crippen LogP contribution in [0.3, 0.4) is 0 Å². The van der Waals surface area contributed by atoms with Gasteiger partial charge in [0.1, 0.15) is 5.69 Å². The quantitative estimate of drug-likeness (QED) is 0.0934. The highest BCUT2D eigenvalue weighted by Gasteiger charge is 2.71. The first-order valence-corrected chi connectivity index (χ1v) is 28.8. The Balaban J connectivity index is 0.000000141. The van der Waals surface area contributed by atoms with Gasteiger partial charge in [0.25, 0.3) is 5.69 Å². The minimum Gasteiger partial charge on any atom is -0.363 e. The molecular weight excluding hydrogens is 1010 g/mol. The molecule has 9 aliphatic rings. The fourth-order valence-corrected chi connectivity index (χ4v) is 21.1. The highest BCUT2D eigenvalue weighted by Crippen LogP contribution is 2.70. The number of nitrogens with zero attached hydrogens (tertiary/aromatic N) is 5. The lowest BCUT2D eigenvalue weighted by atomic mass is 9.68. The molecule has 5 aliphatic heterocycles. The van der Waals surface area contributed by atoms with Gasteiger partial charge >= 0.3 is 9.75 Å². The van der Waals surface area contributed by atoms with Crippen LogP contribution in [-0.2, 0) is 19.2 Å². The third-order valence-corrected chi connectivity index (χ3v) is 23.2. The Morgan fingerprint density at radius 2 is 0.973 bits per heavy atom. The van der Waals surface area contributed by atoms with Crippen molar-refractivity contribution in [1.29, 1.82) is 0 Å². The van der Waals surface area contributed by atoms with Crippen LogP contribution in [0, 0.1) is 69.3 Å². The number of imide groups is 2. The smallest absolute Gasteiger partial charge is 0.305 e. The second-order valence-corrected chi connectivity index (χ2v) is 25.7. The molecule has 4 aromatic carbocycles. The summed E-state index contributed by atoms with van der Waals surface area (Å²) in [6, 6.07) is 34.6. The van der Waals surface area contributed by atoms with Crippen LogP contribution in [0.4, 0.5) is 22.7 Å². The van der Waals surface area contributed by atoms with E-state index >= 15 is 0 Å². The Hall–Kier alpha value is -6.12. The Morgan fingerprint density at radius 3 is 1.43 bits per heavy atom. The molecule has 15 rings (SSSR count). The molecule has 2 aromatic heterocycles. The number of H-pyrrole nitrogens is 2. The van der Waals surface area contributed by atoms with E-state index < -0.39 is 16.8 Å². The number of nitrogens with one attached hydrogen (secondary N) is 2. The zero-order valence-corrected chi connectivity index (χ0v) is 43.1. The number of carbonyl (C=O) groups excluding carboxylic acids is 4. The number of aromatic amines is 2. The van der Waals surface area contributed by atoms with Crippen molar-refractivity contribution in [1.82, 2.24) is 14.9 Å². The van der Waals surface area contributed by atoms with Gasteiger partial charge < -0.3 is 19.8 Å². The SMILES string of the molecule is CN1CCN(c2ccc(N3C(=O)[C@@H]4[C@H]5C[C@H]([C@@H]6Sc7[nH]c(=O)sc7[C@@H](c7ccccc7)[C@H]56)[C@@H]4C3=O)cc2[N+](=O)[O-])CC1.O=C1[C@@H]2[C@H]3C[C@H]([C@@H]4Sc5[nH]c(=O)sc5[C@@H](c5ccccc5)[C@H]34)[C@@H]2C(=O)N1c1ccccc1. The molecular formula is C55H49N7O8S4. The van der Waals surface area contributed by atoms with Crippen molar-refractivity contribution in [2.45, 2.75) is 45.2 Å². The van der Waals surface area contributed by atoms with Crippen molar-refractivity contribution in [2.24, 2.45) is 59.2 Å². The van der Waals surface area contributed by atoms with Gasteiger partial charge in [-0.3, -0.25) is 43.8 Å². The average molecular weight is 1060 g/mol. The second-order valence-electron chi connectivity index (χ2n) is 21.3. The van der Waals surface area contributed by atoms with E-state index in [1.54, 1.807) is 35.7 Å². The van der Waals surface area contributed by atoms with Crippen molar-refractivity contribution in [3.05, 3.63) is 160 Å². The summed E-state index contributed by atoms with van der Waals surface area (Å²) in [6.07, 6.45) is 1.72. The standard InChI is InChI=1S/C30H29N5O5S2.C25H20N2O3S2/c1-32-9-11-33(12-10-32)19-8-7-16(13-20(19)35(39)40)34-28(36)23-17-14-18(24(23)29(34)37)25-22(17)21(15-5-3-2-4-6-15)26-27(41-25)31-30(38)42-26;28-23-18-14-11-15(19(18)24(29)27(23)13-9-5-2-6-10-13)20-17(14)16(12-7-3-1-4-8-12)21-22(31-20)26-25(30)32-21/h2-8,13,17-18,21-25H,9-12,14H2,1H3,(H,31,38);1-10,14-20H,11H2,(H,26,30)/t17-,18-,21-,22-,23+,24-,25-;14-,15-,16-,17-,18+,19-,20-/m00/s1. The van der Waals surface area contributed by atoms with Gasteiger partial charge in [-0.05, 0) is 90.8 Å². The summed E-state index contributed by atoms with van der Waals surface area (Å²) in [5.41, 5.74) is 3.71. The fourth-order valence-electron chi connectivity index (χ4n) is 15.3. The maximum atomic E-state index is 14.1. The van der Waals surface area contributed by atoms with Crippen molar-refractivity contribution in [2.75, 3.05) is 47.9 Å². The van der Waals surface area contributed by atoms with Gasteiger partial charge in [0, 0.05) is 64.3 Å². The molecule has 0 spiro atoms.